The van der Waals surface area contributed by atoms with E-state index in [0.717, 1.165) is 45.1 Å². The third-order valence-corrected chi connectivity index (χ3v) is 5.48. The van der Waals surface area contributed by atoms with Crippen molar-refractivity contribution in [1.82, 2.24) is 5.32 Å². The Kier molecular flexibility index (Phi) is 14.2. The first-order valence-corrected chi connectivity index (χ1v) is 11.8. The molecular formula is C22H41N5O7. The average Bonchev–Trinajstić information content (AvgIpc) is 2.77. The molecule has 12 heteroatoms. The standard InChI is InChI=1S/C22H41N5O7/c1-14(29)26-18-15(27-22(24)25)12-17(21(31)32)34-20(18)19(16(30)13-28)33-11-9-7-5-3-2-4-6-8-10-23/h12,15-16,18-20,28,30H,2-11,13,23H2,1H3,(H,26,29)(H,31,32)(H4,24,25,27)/t15-,16+,18+,19+,20+/m0/s1. The zero-order valence-electron chi connectivity index (χ0n) is 19.9. The van der Waals surface area contributed by atoms with Gasteiger partial charge < -0.3 is 47.3 Å². The van der Waals surface area contributed by atoms with Gasteiger partial charge in [-0.15, -0.1) is 0 Å². The van der Waals surface area contributed by atoms with Gasteiger partial charge in [0.2, 0.25) is 11.7 Å². The summed E-state index contributed by atoms with van der Waals surface area (Å²) < 4.78 is 11.4. The number of unbranched alkanes of at least 4 members (excludes halogenated alkanes) is 7. The van der Waals surface area contributed by atoms with E-state index in [0.29, 0.717) is 6.42 Å². The number of carboxylic acid groups (broad SMARTS) is 1. The van der Waals surface area contributed by atoms with E-state index in [-0.39, 0.29) is 12.6 Å². The molecule has 0 aliphatic carbocycles. The Morgan fingerprint density at radius 3 is 2.24 bits per heavy atom. The minimum Gasteiger partial charge on any atom is -0.478 e. The summed E-state index contributed by atoms with van der Waals surface area (Å²) in [4.78, 5) is 27.5. The molecule has 0 aromatic carbocycles. The van der Waals surface area contributed by atoms with Crippen LogP contribution in [0.15, 0.2) is 16.8 Å². The molecule has 1 rings (SSSR count). The number of aliphatic hydroxyl groups excluding tert-OH is 2. The van der Waals surface area contributed by atoms with Gasteiger partial charge in [0.1, 0.15) is 12.2 Å². The lowest BCUT2D eigenvalue weighted by atomic mass is 9.92. The molecule has 0 bridgehead atoms. The summed E-state index contributed by atoms with van der Waals surface area (Å²) in [5, 5.41) is 32.1. The minimum absolute atomic E-state index is 0.251. The van der Waals surface area contributed by atoms with Gasteiger partial charge in [-0.05, 0) is 25.5 Å². The highest BCUT2D eigenvalue weighted by Crippen LogP contribution is 2.26. The number of ether oxygens (including phenoxy) is 2. The molecule has 1 aliphatic rings. The average molecular weight is 488 g/mol. The highest BCUT2D eigenvalue weighted by Gasteiger charge is 2.45. The molecule has 0 radical (unpaired) electrons. The highest BCUT2D eigenvalue weighted by molar-refractivity contribution is 5.85. The van der Waals surface area contributed by atoms with Crippen LogP contribution in [0.2, 0.25) is 0 Å². The second-order valence-corrected chi connectivity index (χ2v) is 8.39. The quantitative estimate of drug-likeness (QED) is 0.0778. The lowest BCUT2D eigenvalue weighted by Crippen LogP contribution is -2.60. The van der Waals surface area contributed by atoms with Crippen LogP contribution in [0.25, 0.3) is 0 Å². The van der Waals surface area contributed by atoms with Crippen molar-refractivity contribution in [2.75, 3.05) is 19.8 Å². The molecule has 0 aromatic heterocycles. The maximum atomic E-state index is 11.8. The normalized spacial score (nSPS) is 21.6. The van der Waals surface area contributed by atoms with E-state index >= 15 is 0 Å². The number of nitrogens with one attached hydrogen (secondary N) is 1. The number of guanidine groups is 1. The van der Waals surface area contributed by atoms with Crippen LogP contribution >= 0.6 is 0 Å². The summed E-state index contributed by atoms with van der Waals surface area (Å²) in [6.07, 6.45) is 5.74. The van der Waals surface area contributed by atoms with Crippen LogP contribution in [0, 0.1) is 0 Å². The molecular weight excluding hydrogens is 446 g/mol. The van der Waals surface area contributed by atoms with Crippen LogP contribution in [0.1, 0.15) is 58.3 Å². The van der Waals surface area contributed by atoms with Crippen molar-refractivity contribution >= 4 is 17.8 Å². The number of aliphatic hydroxyl groups is 2. The Morgan fingerprint density at radius 2 is 1.74 bits per heavy atom. The first-order chi connectivity index (χ1) is 16.2. The number of hydrogen-bond donors (Lipinski definition) is 7. The fourth-order valence-electron chi connectivity index (χ4n) is 3.85. The van der Waals surface area contributed by atoms with Crippen LogP contribution in [0.4, 0.5) is 0 Å². The predicted octanol–water partition coefficient (Wildman–Crippen LogP) is -0.682. The number of carbonyl (C=O) groups is 2. The summed E-state index contributed by atoms with van der Waals surface area (Å²) in [7, 11) is 0. The summed E-state index contributed by atoms with van der Waals surface area (Å²) in [5.74, 6) is -2.57. The Bertz CT molecular complexity index is 685. The first-order valence-electron chi connectivity index (χ1n) is 11.8. The molecule has 0 unspecified atom stereocenters. The summed E-state index contributed by atoms with van der Waals surface area (Å²) in [6, 6.07) is -1.92. The molecule has 0 saturated heterocycles. The number of rotatable bonds is 17. The molecule has 34 heavy (non-hydrogen) atoms. The van der Waals surface area contributed by atoms with Crippen molar-refractivity contribution in [2.24, 2.45) is 22.2 Å². The molecule has 1 amide bonds. The van der Waals surface area contributed by atoms with E-state index in [2.05, 4.69) is 10.3 Å². The number of amides is 1. The van der Waals surface area contributed by atoms with Gasteiger partial charge in [-0.3, -0.25) is 4.79 Å². The third-order valence-electron chi connectivity index (χ3n) is 5.48. The van der Waals surface area contributed by atoms with Crippen LogP contribution in [-0.4, -0.2) is 83.3 Å². The molecule has 5 atom stereocenters. The van der Waals surface area contributed by atoms with Crippen LogP contribution in [0.5, 0.6) is 0 Å². The molecule has 12 nitrogen and oxygen atoms in total. The van der Waals surface area contributed by atoms with E-state index in [1.807, 2.05) is 0 Å². The fraction of sp³-hybridized carbons (Fsp3) is 0.773. The monoisotopic (exact) mass is 487 g/mol. The smallest absolute Gasteiger partial charge is 0.370 e. The molecule has 10 N–H and O–H groups in total. The maximum Gasteiger partial charge on any atom is 0.370 e. The van der Waals surface area contributed by atoms with E-state index in [1.165, 1.54) is 19.4 Å². The number of nitrogens with zero attached hydrogens (tertiary/aromatic N) is 1. The van der Waals surface area contributed by atoms with Crippen molar-refractivity contribution in [1.29, 1.82) is 0 Å². The first kappa shape index (κ1) is 29.6. The van der Waals surface area contributed by atoms with E-state index in [9.17, 15) is 24.9 Å². The van der Waals surface area contributed by atoms with Crippen molar-refractivity contribution in [3.05, 3.63) is 11.8 Å². The van der Waals surface area contributed by atoms with Gasteiger partial charge in [0.25, 0.3) is 0 Å². The Hall–Kier alpha value is -2.41. The van der Waals surface area contributed by atoms with Gasteiger partial charge in [0.05, 0.1) is 18.7 Å². The second kappa shape index (κ2) is 16.3. The number of hydrogen-bond acceptors (Lipinski definition) is 8. The SMILES string of the molecule is CC(=O)N[C@H]1[C@H]([C@H](OCCCCCCCCCCN)[C@H](O)CO)OC(C(=O)O)=C[C@@H]1N=C(N)N. The fourth-order valence-corrected chi connectivity index (χ4v) is 3.85. The number of aliphatic imine (C=N–C) groups is 1. The number of nitrogens with two attached hydrogens (primary N) is 3. The summed E-state index contributed by atoms with van der Waals surface area (Å²) in [6.45, 7) is 1.59. The molecule has 0 saturated carbocycles. The summed E-state index contributed by atoms with van der Waals surface area (Å²) >= 11 is 0. The maximum absolute atomic E-state index is 11.8. The Balaban J connectivity index is 2.85. The van der Waals surface area contributed by atoms with Gasteiger partial charge in [0.15, 0.2) is 12.1 Å². The van der Waals surface area contributed by atoms with Crippen molar-refractivity contribution in [3.63, 3.8) is 0 Å². The molecule has 0 fully saturated rings. The van der Waals surface area contributed by atoms with E-state index in [4.69, 9.17) is 26.7 Å². The summed E-state index contributed by atoms with van der Waals surface area (Å²) in [5.41, 5.74) is 16.5. The largest absolute Gasteiger partial charge is 0.478 e. The Labute approximate surface area is 200 Å². The van der Waals surface area contributed by atoms with Crippen LogP contribution < -0.4 is 22.5 Å². The zero-order valence-corrected chi connectivity index (χ0v) is 19.9. The Morgan fingerprint density at radius 1 is 1.15 bits per heavy atom. The molecule has 196 valence electrons. The zero-order chi connectivity index (χ0) is 25.5. The van der Waals surface area contributed by atoms with Crippen LogP contribution in [0.3, 0.4) is 0 Å². The van der Waals surface area contributed by atoms with Crippen molar-refractivity contribution in [2.45, 2.75) is 88.7 Å². The lowest BCUT2D eigenvalue weighted by Gasteiger charge is -2.40. The lowest BCUT2D eigenvalue weighted by molar-refractivity contribution is -0.153. The molecule has 0 spiro atoms. The van der Waals surface area contributed by atoms with Crippen LogP contribution in [-0.2, 0) is 19.1 Å². The topological polar surface area (TPSA) is 216 Å². The van der Waals surface area contributed by atoms with Gasteiger partial charge in [-0.2, -0.15) is 0 Å². The molecule has 1 aliphatic heterocycles. The van der Waals surface area contributed by atoms with Crippen molar-refractivity contribution in [3.8, 4) is 0 Å². The van der Waals surface area contributed by atoms with Gasteiger partial charge in [0, 0.05) is 13.5 Å². The van der Waals surface area contributed by atoms with Crippen molar-refractivity contribution < 1.29 is 34.4 Å². The third kappa shape index (κ3) is 10.7. The molecule has 0 aromatic rings. The number of carboxylic acids is 1. The van der Waals surface area contributed by atoms with Gasteiger partial charge in [-0.25, -0.2) is 9.79 Å². The van der Waals surface area contributed by atoms with E-state index in [1.54, 1.807) is 0 Å². The van der Waals surface area contributed by atoms with Gasteiger partial charge in [-0.1, -0.05) is 38.5 Å². The number of carbonyl (C=O) groups excluding carboxylic acids is 1. The minimum atomic E-state index is -1.39. The second-order valence-electron chi connectivity index (χ2n) is 8.39. The predicted molar refractivity (Wildman–Crippen MR) is 127 cm³/mol. The molecule has 1 heterocycles. The van der Waals surface area contributed by atoms with E-state index < -0.39 is 54.6 Å². The van der Waals surface area contributed by atoms with Gasteiger partial charge >= 0.3 is 5.97 Å². The number of aliphatic carboxylic acids is 1. The highest BCUT2D eigenvalue weighted by atomic mass is 16.6.